The highest BCUT2D eigenvalue weighted by molar-refractivity contribution is 5.95. The maximum Gasteiger partial charge on any atom is 0.323 e. The lowest BCUT2D eigenvalue weighted by molar-refractivity contribution is -0.138. The van der Waals surface area contributed by atoms with Crippen LogP contribution in [-0.4, -0.2) is 39.9 Å². The molecule has 0 atom stereocenters. The second-order valence-corrected chi connectivity index (χ2v) is 10.4. The average molecular weight is 586 g/mol. The zero-order valence-corrected chi connectivity index (χ0v) is 24.6. The molecule has 0 fully saturated rings. The quantitative estimate of drug-likeness (QED) is 0.118. The Labute approximate surface area is 250 Å². The van der Waals surface area contributed by atoms with Crippen LogP contribution in [0.2, 0.25) is 0 Å². The Kier molecular flexibility index (Phi) is 10.4. The maximum atomic E-state index is 15.1. The second-order valence-electron chi connectivity index (χ2n) is 10.4. The van der Waals surface area contributed by atoms with Crippen molar-refractivity contribution < 1.29 is 33.7 Å². The zero-order chi connectivity index (χ0) is 30.9. The predicted molar refractivity (Wildman–Crippen MR) is 166 cm³/mol. The molecule has 0 radical (unpaired) electrons. The van der Waals surface area contributed by atoms with E-state index in [2.05, 4.69) is 6.07 Å². The molecule has 0 aliphatic rings. The normalized spacial score (nSPS) is 11.5. The van der Waals surface area contributed by atoms with Gasteiger partial charge in [0.05, 0.1) is 5.52 Å². The van der Waals surface area contributed by atoms with Crippen molar-refractivity contribution in [2.45, 2.75) is 46.6 Å². The van der Waals surface area contributed by atoms with Crippen LogP contribution < -0.4 is 9.47 Å². The third-order valence-corrected chi connectivity index (χ3v) is 7.20. The molecule has 7 nitrogen and oxygen atoms in total. The molecule has 3 aromatic carbocycles. The van der Waals surface area contributed by atoms with E-state index in [4.69, 9.17) is 14.6 Å². The topological polar surface area (TPSA) is 98.0 Å². The molecule has 4 rings (SSSR count). The number of hydrogen-bond acceptors (Lipinski definition) is 4. The van der Waals surface area contributed by atoms with Crippen LogP contribution in [0.5, 0.6) is 11.5 Å². The van der Waals surface area contributed by atoms with Gasteiger partial charge in [-0.3, -0.25) is 9.59 Å². The number of aryl methyl sites for hydroxylation is 3. The standard InChI is InChI=1S/C35H36FNO6/c1-23-9-18-31(24(2)21-23)43-20-5-4-19-42-28-15-11-26(12-16-28)10-13-27-14-17-30(36)34-29(7-6-8-32(38)39)25(3)37(35(27)34)22-33(40)41/h4-5,9-18,21H,6-8,19-20,22H2,1-3H3,(H,38,39)(H,40,41). The Morgan fingerprint density at radius 3 is 2.28 bits per heavy atom. The van der Waals surface area contributed by atoms with Crippen LogP contribution in [0.25, 0.3) is 23.1 Å². The summed E-state index contributed by atoms with van der Waals surface area (Å²) < 4.78 is 28.3. The maximum absolute atomic E-state index is 15.1. The van der Waals surface area contributed by atoms with Gasteiger partial charge in [0, 0.05) is 17.5 Å². The molecule has 0 bridgehead atoms. The number of nitrogens with zero attached hydrogens (tertiary/aromatic N) is 1. The van der Waals surface area contributed by atoms with Crippen LogP contribution in [0, 0.1) is 26.6 Å². The fourth-order valence-electron chi connectivity index (χ4n) is 5.10. The number of benzene rings is 3. The summed E-state index contributed by atoms with van der Waals surface area (Å²) in [7, 11) is 0. The number of rotatable bonds is 14. The molecule has 0 spiro atoms. The minimum atomic E-state index is -1.05. The fraction of sp³-hybridized carbons (Fsp3) is 0.257. The van der Waals surface area contributed by atoms with Crippen LogP contribution >= 0.6 is 0 Å². The highest BCUT2D eigenvalue weighted by Gasteiger charge is 2.21. The van der Waals surface area contributed by atoms with Crippen molar-refractivity contribution in [3.8, 4) is 11.5 Å². The van der Waals surface area contributed by atoms with Gasteiger partial charge in [0.15, 0.2) is 0 Å². The predicted octanol–water partition coefficient (Wildman–Crippen LogP) is 7.38. The number of fused-ring (bicyclic) bond motifs is 1. The Balaban J connectivity index is 1.43. The Bertz CT molecular complexity index is 1670. The van der Waals surface area contributed by atoms with E-state index in [1.807, 2.05) is 74.5 Å². The van der Waals surface area contributed by atoms with E-state index in [1.165, 1.54) is 11.6 Å². The van der Waals surface area contributed by atoms with Crippen molar-refractivity contribution >= 4 is 35.0 Å². The molecular weight excluding hydrogens is 549 g/mol. The van der Waals surface area contributed by atoms with Crippen LogP contribution in [0.4, 0.5) is 4.39 Å². The molecule has 0 saturated carbocycles. The molecular formula is C35H36FNO6. The monoisotopic (exact) mass is 585 g/mol. The number of carbonyl (C=O) groups is 2. The zero-order valence-electron chi connectivity index (χ0n) is 24.6. The lowest BCUT2D eigenvalue weighted by atomic mass is 10.0. The summed E-state index contributed by atoms with van der Waals surface area (Å²) in [6.45, 7) is 6.34. The molecule has 0 aliphatic carbocycles. The second kappa shape index (κ2) is 14.4. The summed E-state index contributed by atoms with van der Waals surface area (Å²) in [6.07, 6.45) is 8.13. The summed E-state index contributed by atoms with van der Waals surface area (Å²) in [4.78, 5) is 22.7. The Hall–Kier alpha value is -4.85. The minimum Gasteiger partial charge on any atom is -0.490 e. The lowest BCUT2D eigenvalue weighted by Crippen LogP contribution is -2.10. The van der Waals surface area contributed by atoms with Crippen molar-refractivity contribution in [3.63, 3.8) is 0 Å². The molecule has 8 heteroatoms. The first-order valence-electron chi connectivity index (χ1n) is 14.1. The van der Waals surface area contributed by atoms with Crippen LogP contribution in [-0.2, 0) is 22.6 Å². The molecule has 43 heavy (non-hydrogen) atoms. The number of hydrogen-bond donors (Lipinski definition) is 2. The number of aromatic nitrogens is 1. The van der Waals surface area contributed by atoms with Gasteiger partial charge < -0.3 is 24.3 Å². The molecule has 0 amide bonds. The third kappa shape index (κ3) is 8.13. The van der Waals surface area contributed by atoms with E-state index in [9.17, 15) is 14.7 Å². The van der Waals surface area contributed by atoms with Crippen LogP contribution in [0.3, 0.4) is 0 Å². The Morgan fingerprint density at radius 1 is 0.884 bits per heavy atom. The van der Waals surface area contributed by atoms with Gasteiger partial charge in [-0.15, -0.1) is 0 Å². The van der Waals surface area contributed by atoms with Gasteiger partial charge in [-0.1, -0.05) is 42.0 Å². The van der Waals surface area contributed by atoms with E-state index >= 15 is 4.39 Å². The van der Waals surface area contributed by atoms with Gasteiger partial charge in [0.25, 0.3) is 0 Å². The Morgan fingerprint density at radius 2 is 1.60 bits per heavy atom. The van der Waals surface area contributed by atoms with Gasteiger partial charge in [-0.25, -0.2) is 4.39 Å². The highest BCUT2D eigenvalue weighted by atomic mass is 19.1. The summed E-state index contributed by atoms with van der Waals surface area (Å²) in [6, 6.07) is 16.6. The number of aliphatic carboxylic acids is 2. The van der Waals surface area contributed by atoms with Crippen molar-refractivity contribution in [3.05, 3.63) is 106 Å². The number of halogens is 1. The first-order chi connectivity index (χ1) is 20.6. The van der Waals surface area contributed by atoms with Gasteiger partial charge in [0.2, 0.25) is 0 Å². The van der Waals surface area contributed by atoms with Crippen LogP contribution in [0.15, 0.2) is 66.7 Å². The number of ether oxygens (including phenoxy) is 2. The average Bonchev–Trinajstić information content (AvgIpc) is 3.23. The van der Waals surface area contributed by atoms with E-state index < -0.39 is 17.8 Å². The summed E-state index contributed by atoms with van der Waals surface area (Å²) in [5, 5.41) is 18.9. The molecule has 1 aromatic heterocycles. The number of carboxylic acid groups (broad SMARTS) is 2. The van der Waals surface area contributed by atoms with Gasteiger partial charge >= 0.3 is 11.9 Å². The molecule has 0 aliphatic heterocycles. The lowest BCUT2D eigenvalue weighted by Gasteiger charge is -2.08. The molecule has 2 N–H and O–H groups in total. The summed E-state index contributed by atoms with van der Waals surface area (Å²) in [5.41, 5.74) is 5.59. The van der Waals surface area contributed by atoms with Crippen molar-refractivity contribution in [2.75, 3.05) is 13.2 Å². The van der Waals surface area contributed by atoms with E-state index in [1.54, 1.807) is 17.6 Å². The summed E-state index contributed by atoms with van der Waals surface area (Å²) >= 11 is 0. The smallest absolute Gasteiger partial charge is 0.323 e. The molecule has 224 valence electrons. The molecule has 0 unspecified atom stereocenters. The van der Waals surface area contributed by atoms with E-state index in [0.29, 0.717) is 59.5 Å². The van der Waals surface area contributed by atoms with E-state index in [0.717, 1.165) is 16.9 Å². The van der Waals surface area contributed by atoms with Crippen molar-refractivity contribution in [1.29, 1.82) is 0 Å². The minimum absolute atomic E-state index is 0.0512. The number of carboxylic acids is 2. The third-order valence-electron chi connectivity index (χ3n) is 7.20. The van der Waals surface area contributed by atoms with Gasteiger partial charge in [-0.05, 0) is 98.4 Å². The van der Waals surface area contributed by atoms with Crippen molar-refractivity contribution in [2.24, 2.45) is 0 Å². The van der Waals surface area contributed by atoms with Gasteiger partial charge in [0.1, 0.15) is 37.1 Å². The van der Waals surface area contributed by atoms with Gasteiger partial charge in [-0.2, -0.15) is 0 Å². The molecule has 4 aromatic rings. The fourth-order valence-corrected chi connectivity index (χ4v) is 5.10. The molecule has 1 heterocycles. The van der Waals surface area contributed by atoms with E-state index in [-0.39, 0.29) is 13.0 Å². The molecule has 0 saturated heterocycles. The SMILES string of the molecule is Cc1ccc(OCC=CCOc2ccc(C=Cc3ccc(F)c4c(CCCC(=O)O)c(C)n(CC(=O)O)c34)cc2)c(C)c1. The highest BCUT2D eigenvalue weighted by Crippen LogP contribution is 2.33. The van der Waals surface area contributed by atoms with Crippen molar-refractivity contribution in [1.82, 2.24) is 4.57 Å². The van der Waals surface area contributed by atoms with Crippen LogP contribution in [0.1, 0.15) is 46.4 Å². The summed E-state index contributed by atoms with van der Waals surface area (Å²) in [5.74, 6) is -0.865. The first kappa shape index (κ1) is 31.1. The largest absolute Gasteiger partial charge is 0.490 e. The first-order valence-corrected chi connectivity index (χ1v) is 14.1.